The Hall–Kier alpha value is -0.520. The number of aliphatic hydroxyl groups excluding tert-OH is 1. The first-order chi connectivity index (χ1) is 10.2. The molecule has 0 saturated heterocycles. The lowest BCUT2D eigenvalue weighted by molar-refractivity contribution is 0.0241. The van der Waals surface area contributed by atoms with Gasteiger partial charge in [0.1, 0.15) is 12.4 Å². The summed E-state index contributed by atoms with van der Waals surface area (Å²) in [5, 5.41) is 13.9. The highest BCUT2D eigenvalue weighted by Gasteiger charge is 2.15. The van der Waals surface area contributed by atoms with Crippen LogP contribution in [0.1, 0.15) is 25.7 Å². The van der Waals surface area contributed by atoms with E-state index in [-0.39, 0.29) is 12.4 Å². The lowest BCUT2D eigenvalue weighted by atomic mass is 10.2. The van der Waals surface area contributed by atoms with E-state index < -0.39 is 6.10 Å². The third kappa shape index (κ3) is 7.65. The molecule has 4 nitrogen and oxygen atoms in total. The van der Waals surface area contributed by atoms with Crippen LogP contribution in [-0.4, -0.2) is 43.6 Å². The third-order valence-electron chi connectivity index (χ3n) is 3.62. The summed E-state index contributed by atoms with van der Waals surface area (Å²) in [4.78, 5) is 0. The lowest BCUT2D eigenvalue weighted by Gasteiger charge is -2.16. The summed E-state index contributed by atoms with van der Waals surface area (Å²) in [6.45, 7) is 1.86. The molecule has 1 aliphatic rings. The molecule has 0 aromatic heterocycles. The molecule has 0 unspecified atom stereocenters. The second-order valence-corrected chi connectivity index (χ2v) is 5.86. The van der Waals surface area contributed by atoms with E-state index in [1.165, 1.54) is 25.7 Å². The molecule has 2 N–H and O–H groups in total. The number of hydrogen-bond acceptors (Lipinski definition) is 4. The fourth-order valence-corrected chi connectivity index (χ4v) is 2.59. The van der Waals surface area contributed by atoms with E-state index in [9.17, 15) is 5.11 Å². The van der Waals surface area contributed by atoms with Crippen LogP contribution in [0.25, 0.3) is 0 Å². The average Bonchev–Trinajstić information content (AvgIpc) is 3.00. The Bertz CT molecular complexity index is 397. The molecular weight excluding hydrogens is 325 g/mol. The maximum absolute atomic E-state index is 9.81. The van der Waals surface area contributed by atoms with Crippen LogP contribution in [0.5, 0.6) is 5.75 Å². The highest BCUT2D eigenvalue weighted by molar-refractivity contribution is 6.30. The number of rotatable bonds is 9. The van der Waals surface area contributed by atoms with Gasteiger partial charge in [-0.05, 0) is 37.1 Å². The summed E-state index contributed by atoms with van der Waals surface area (Å²) in [6.07, 6.45) is 4.59. The SMILES string of the molecule is Cl.O[C@H](CNC1CCCC1)COCCOc1ccc(Cl)cc1. The lowest BCUT2D eigenvalue weighted by Crippen LogP contribution is -2.36. The molecule has 0 heterocycles. The highest BCUT2D eigenvalue weighted by Crippen LogP contribution is 2.17. The van der Waals surface area contributed by atoms with Gasteiger partial charge in [0.15, 0.2) is 0 Å². The van der Waals surface area contributed by atoms with E-state index in [1.807, 2.05) is 12.1 Å². The van der Waals surface area contributed by atoms with Gasteiger partial charge in [-0.25, -0.2) is 0 Å². The first-order valence-corrected chi connectivity index (χ1v) is 7.99. The van der Waals surface area contributed by atoms with Gasteiger partial charge in [0.25, 0.3) is 0 Å². The average molecular weight is 350 g/mol. The molecule has 1 atom stereocenters. The largest absolute Gasteiger partial charge is 0.491 e. The fourth-order valence-electron chi connectivity index (χ4n) is 2.46. The summed E-state index contributed by atoms with van der Waals surface area (Å²) in [6, 6.07) is 7.80. The van der Waals surface area contributed by atoms with Gasteiger partial charge in [-0.15, -0.1) is 12.4 Å². The van der Waals surface area contributed by atoms with Crippen LogP contribution >= 0.6 is 24.0 Å². The van der Waals surface area contributed by atoms with E-state index in [2.05, 4.69) is 5.32 Å². The van der Waals surface area contributed by atoms with Gasteiger partial charge in [-0.1, -0.05) is 24.4 Å². The molecule has 1 aromatic carbocycles. The minimum Gasteiger partial charge on any atom is -0.491 e. The predicted molar refractivity (Wildman–Crippen MR) is 91.3 cm³/mol. The third-order valence-corrected chi connectivity index (χ3v) is 3.87. The summed E-state index contributed by atoms with van der Waals surface area (Å²) >= 11 is 5.79. The van der Waals surface area contributed by atoms with Crippen molar-refractivity contribution >= 4 is 24.0 Å². The monoisotopic (exact) mass is 349 g/mol. The first kappa shape index (κ1) is 19.5. The molecule has 0 aliphatic heterocycles. The van der Waals surface area contributed by atoms with Crippen LogP contribution in [0.4, 0.5) is 0 Å². The minimum absolute atomic E-state index is 0. The first-order valence-electron chi connectivity index (χ1n) is 7.61. The van der Waals surface area contributed by atoms with E-state index in [4.69, 9.17) is 21.1 Å². The normalized spacial score (nSPS) is 16.3. The van der Waals surface area contributed by atoms with E-state index in [0.29, 0.717) is 37.4 Å². The Morgan fingerprint density at radius 3 is 2.55 bits per heavy atom. The number of ether oxygens (including phenoxy) is 2. The quantitative estimate of drug-likeness (QED) is 0.672. The Morgan fingerprint density at radius 2 is 1.86 bits per heavy atom. The Morgan fingerprint density at radius 1 is 1.18 bits per heavy atom. The molecule has 0 radical (unpaired) electrons. The molecule has 1 saturated carbocycles. The zero-order valence-electron chi connectivity index (χ0n) is 12.7. The smallest absolute Gasteiger partial charge is 0.119 e. The topological polar surface area (TPSA) is 50.7 Å². The molecule has 0 bridgehead atoms. The maximum atomic E-state index is 9.81. The summed E-state index contributed by atoms with van der Waals surface area (Å²) in [5.74, 6) is 0.770. The van der Waals surface area contributed by atoms with Crippen molar-refractivity contribution in [2.45, 2.75) is 37.8 Å². The van der Waals surface area contributed by atoms with E-state index >= 15 is 0 Å². The second-order valence-electron chi connectivity index (χ2n) is 5.42. The number of benzene rings is 1. The van der Waals surface area contributed by atoms with E-state index in [1.54, 1.807) is 12.1 Å². The zero-order chi connectivity index (χ0) is 14.9. The van der Waals surface area contributed by atoms with Gasteiger partial charge in [-0.3, -0.25) is 0 Å². The maximum Gasteiger partial charge on any atom is 0.119 e. The predicted octanol–water partition coefficient (Wildman–Crippen LogP) is 3.05. The molecule has 126 valence electrons. The fraction of sp³-hybridized carbons (Fsp3) is 0.625. The molecular formula is C16H25Cl2NO3. The molecule has 2 rings (SSSR count). The van der Waals surface area contributed by atoms with Crippen molar-refractivity contribution in [2.75, 3.05) is 26.4 Å². The highest BCUT2D eigenvalue weighted by atomic mass is 35.5. The summed E-state index contributed by atoms with van der Waals surface area (Å²) < 4.78 is 10.9. The van der Waals surface area contributed by atoms with E-state index in [0.717, 1.165) is 5.75 Å². The van der Waals surface area contributed by atoms with Gasteiger partial charge < -0.3 is 19.9 Å². The number of nitrogens with one attached hydrogen (secondary N) is 1. The van der Waals surface area contributed by atoms with Crippen molar-refractivity contribution in [3.63, 3.8) is 0 Å². The molecule has 1 fully saturated rings. The van der Waals surface area contributed by atoms with Crippen LogP contribution in [0.3, 0.4) is 0 Å². The van der Waals surface area contributed by atoms with Gasteiger partial charge in [0.05, 0.1) is 19.3 Å². The Balaban J connectivity index is 0.00000242. The minimum atomic E-state index is -0.457. The van der Waals surface area contributed by atoms with Crippen LogP contribution < -0.4 is 10.1 Å². The molecule has 0 amide bonds. The van der Waals surface area contributed by atoms with Crippen molar-refractivity contribution in [1.29, 1.82) is 0 Å². The van der Waals surface area contributed by atoms with Crippen molar-refractivity contribution < 1.29 is 14.6 Å². The Kier molecular flexibility index (Phi) is 9.84. The molecule has 0 spiro atoms. The summed E-state index contributed by atoms with van der Waals surface area (Å²) in [5.41, 5.74) is 0. The molecule has 1 aliphatic carbocycles. The summed E-state index contributed by atoms with van der Waals surface area (Å²) in [7, 11) is 0. The second kappa shape index (κ2) is 11.1. The molecule has 1 aromatic rings. The Labute approximate surface area is 143 Å². The van der Waals surface area contributed by atoms with Crippen molar-refractivity contribution in [2.24, 2.45) is 0 Å². The van der Waals surface area contributed by atoms with Crippen molar-refractivity contribution in [3.8, 4) is 5.75 Å². The van der Waals surface area contributed by atoms with Gasteiger partial charge in [0, 0.05) is 17.6 Å². The van der Waals surface area contributed by atoms with Crippen LogP contribution in [0.2, 0.25) is 5.02 Å². The number of halogens is 2. The van der Waals surface area contributed by atoms with Gasteiger partial charge >= 0.3 is 0 Å². The van der Waals surface area contributed by atoms with Crippen molar-refractivity contribution in [3.05, 3.63) is 29.3 Å². The zero-order valence-corrected chi connectivity index (χ0v) is 14.2. The van der Waals surface area contributed by atoms with Crippen molar-refractivity contribution in [1.82, 2.24) is 5.32 Å². The standard InChI is InChI=1S/C16H24ClNO3.ClH/c17-13-5-7-16(8-6-13)21-10-9-20-12-15(19)11-18-14-3-1-2-4-14;/h5-8,14-15,18-19H,1-4,9-12H2;1H/t15-;/m1./s1. The van der Waals surface area contributed by atoms with Gasteiger partial charge in [-0.2, -0.15) is 0 Å². The number of aliphatic hydroxyl groups is 1. The number of hydrogen-bond donors (Lipinski definition) is 2. The van der Waals surface area contributed by atoms with Gasteiger partial charge in [0.2, 0.25) is 0 Å². The van der Waals surface area contributed by atoms with Crippen LogP contribution in [0, 0.1) is 0 Å². The van der Waals surface area contributed by atoms with Crippen LogP contribution in [-0.2, 0) is 4.74 Å². The van der Waals surface area contributed by atoms with Crippen LogP contribution in [0.15, 0.2) is 24.3 Å². The molecule has 6 heteroatoms. The molecule has 22 heavy (non-hydrogen) atoms.